The molecule has 0 amide bonds. The predicted molar refractivity (Wildman–Crippen MR) is 84.3 cm³/mol. The Morgan fingerprint density at radius 2 is 1.79 bits per heavy atom. The second kappa shape index (κ2) is 9.11. The van der Waals surface area contributed by atoms with Crippen LogP contribution in [0.3, 0.4) is 0 Å². The molecule has 0 aliphatic heterocycles. The molecule has 19 heavy (non-hydrogen) atoms. The van der Waals surface area contributed by atoms with Crippen molar-refractivity contribution in [2.45, 2.75) is 52.5 Å². The molecule has 2 atom stereocenters. The zero-order valence-corrected chi connectivity index (χ0v) is 12.8. The molecule has 0 aliphatic carbocycles. The van der Waals surface area contributed by atoms with Crippen molar-refractivity contribution in [1.29, 1.82) is 0 Å². The molecule has 2 heteroatoms. The molecule has 108 valence electrons. The summed E-state index contributed by atoms with van der Waals surface area (Å²) in [7, 11) is 0. The maximum Gasteiger partial charge on any atom is 0.0421 e. The van der Waals surface area contributed by atoms with E-state index in [1.165, 1.54) is 36.8 Å². The molecule has 0 bridgehead atoms. The third kappa shape index (κ3) is 6.22. The van der Waals surface area contributed by atoms with Gasteiger partial charge in [-0.15, -0.1) is 0 Å². The number of hydrogen-bond acceptors (Lipinski definition) is 2. The Morgan fingerprint density at radius 1 is 1.11 bits per heavy atom. The molecule has 1 rings (SSSR count). The lowest BCUT2D eigenvalue weighted by Gasteiger charge is -2.18. The lowest BCUT2D eigenvalue weighted by Crippen LogP contribution is -2.30. The van der Waals surface area contributed by atoms with E-state index in [9.17, 15) is 0 Å². The van der Waals surface area contributed by atoms with Crippen LogP contribution in [-0.4, -0.2) is 13.1 Å². The first kappa shape index (κ1) is 16.2. The Labute approximate surface area is 118 Å². The number of unbranched alkanes of at least 4 members (excludes halogenated alkanes) is 1. The van der Waals surface area contributed by atoms with Gasteiger partial charge in [0.05, 0.1) is 0 Å². The Bertz CT molecular complexity index is 332. The highest BCUT2D eigenvalue weighted by atomic mass is 14.9. The number of aryl methyl sites for hydroxylation is 1. The SMILES string of the molecule is CCCCC(CC)CNCC(N)c1ccc(C)cc1. The van der Waals surface area contributed by atoms with Crippen LogP contribution in [0.1, 0.15) is 56.7 Å². The molecule has 1 aromatic carbocycles. The minimum Gasteiger partial charge on any atom is -0.323 e. The van der Waals surface area contributed by atoms with Crippen LogP contribution >= 0.6 is 0 Å². The summed E-state index contributed by atoms with van der Waals surface area (Å²) in [5, 5.41) is 3.53. The number of benzene rings is 1. The fourth-order valence-corrected chi connectivity index (χ4v) is 2.32. The second-order valence-electron chi connectivity index (χ2n) is 5.59. The van der Waals surface area contributed by atoms with Gasteiger partial charge in [-0.25, -0.2) is 0 Å². The normalized spacial score (nSPS) is 14.3. The van der Waals surface area contributed by atoms with Crippen LogP contribution in [0.25, 0.3) is 0 Å². The smallest absolute Gasteiger partial charge is 0.0421 e. The highest BCUT2D eigenvalue weighted by Crippen LogP contribution is 2.13. The quantitative estimate of drug-likeness (QED) is 0.710. The van der Waals surface area contributed by atoms with E-state index in [0.717, 1.165) is 19.0 Å². The van der Waals surface area contributed by atoms with Crippen molar-refractivity contribution in [3.63, 3.8) is 0 Å². The molecule has 0 radical (unpaired) electrons. The standard InChI is InChI=1S/C17H30N2/c1-4-6-7-15(5-2)12-19-13-17(18)16-10-8-14(3)9-11-16/h8-11,15,17,19H,4-7,12-13,18H2,1-3H3. The van der Waals surface area contributed by atoms with Gasteiger partial charge in [0.2, 0.25) is 0 Å². The second-order valence-corrected chi connectivity index (χ2v) is 5.59. The molecular formula is C17H30N2. The molecule has 0 saturated carbocycles. The minimum absolute atomic E-state index is 0.101. The van der Waals surface area contributed by atoms with Crippen molar-refractivity contribution in [1.82, 2.24) is 5.32 Å². The fourth-order valence-electron chi connectivity index (χ4n) is 2.32. The highest BCUT2D eigenvalue weighted by Gasteiger charge is 2.08. The fraction of sp³-hybridized carbons (Fsp3) is 0.647. The van der Waals surface area contributed by atoms with Crippen molar-refractivity contribution in [3.8, 4) is 0 Å². The van der Waals surface area contributed by atoms with Gasteiger partial charge in [0.1, 0.15) is 0 Å². The zero-order chi connectivity index (χ0) is 14.1. The highest BCUT2D eigenvalue weighted by molar-refractivity contribution is 5.23. The van der Waals surface area contributed by atoms with E-state index in [4.69, 9.17) is 5.73 Å². The van der Waals surface area contributed by atoms with Crippen molar-refractivity contribution < 1.29 is 0 Å². The molecule has 0 heterocycles. The van der Waals surface area contributed by atoms with Gasteiger partial charge in [0.25, 0.3) is 0 Å². The average molecular weight is 262 g/mol. The van der Waals surface area contributed by atoms with Crippen molar-refractivity contribution in [3.05, 3.63) is 35.4 Å². The molecule has 2 unspecified atom stereocenters. The van der Waals surface area contributed by atoms with Crippen molar-refractivity contribution in [2.75, 3.05) is 13.1 Å². The summed E-state index contributed by atoms with van der Waals surface area (Å²) in [6.45, 7) is 8.60. The molecule has 0 saturated heterocycles. The Kier molecular flexibility index (Phi) is 7.76. The van der Waals surface area contributed by atoms with Gasteiger partial charge in [-0.05, 0) is 31.4 Å². The summed E-state index contributed by atoms with van der Waals surface area (Å²) < 4.78 is 0. The molecular weight excluding hydrogens is 232 g/mol. The number of nitrogens with two attached hydrogens (primary N) is 1. The summed E-state index contributed by atoms with van der Waals surface area (Å²) in [5.41, 5.74) is 8.72. The molecule has 2 nitrogen and oxygen atoms in total. The van der Waals surface area contributed by atoms with Crippen LogP contribution in [0.15, 0.2) is 24.3 Å². The average Bonchev–Trinajstić information content (AvgIpc) is 2.43. The maximum absolute atomic E-state index is 6.21. The first-order valence-electron chi connectivity index (χ1n) is 7.70. The van der Waals surface area contributed by atoms with E-state index in [1.807, 2.05) is 0 Å². The largest absolute Gasteiger partial charge is 0.323 e. The topological polar surface area (TPSA) is 38.0 Å². The first-order valence-corrected chi connectivity index (χ1v) is 7.70. The predicted octanol–water partition coefficient (Wildman–Crippen LogP) is 3.80. The van der Waals surface area contributed by atoms with Crippen molar-refractivity contribution in [2.24, 2.45) is 11.7 Å². The monoisotopic (exact) mass is 262 g/mol. The first-order chi connectivity index (χ1) is 9.17. The summed E-state index contributed by atoms with van der Waals surface area (Å²) in [6, 6.07) is 8.63. The van der Waals surface area contributed by atoms with Gasteiger partial charge in [0, 0.05) is 12.6 Å². The Hall–Kier alpha value is -0.860. The molecule has 0 spiro atoms. The lowest BCUT2D eigenvalue weighted by molar-refractivity contribution is 0.413. The van der Waals surface area contributed by atoms with Gasteiger partial charge < -0.3 is 11.1 Å². The van der Waals surface area contributed by atoms with E-state index in [-0.39, 0.29) is 6.04 Å². The van der Waals surface area contributed by atoms with Crippen LogP contribution < -0.4 is 11.1 Å². The molecule has 3 N–H and O–H groups in total. The lowest BCUT2D eigenvalue weighted by atomic mass is 9.99. The summed E-state index contributed by atoms with van der Waals surface area (Å²) >= 11 is 0. The van der Waals surface area contributed by atoms with E-state index in [0.29, 0.717) is 0 Å². The summed E-state index contributed by atoms with van der Waals surface area (Å²) in [6.07, 6.45) is 5.22. The van der Waals surface area contributed by atoms with E-state index in [2.05, 4.69) is 50.4 Å². The van der Waals surface area contributed by atoms with Gasteiger partial charge >= 0.3 is 0 Å². The van der Waals surface area contributed by atoms with Crippen LogP contribution in [0, 0.1) is 12.8 Å². The summed E-state index contributed by atoms with van der Waals surface area (Å²) in [4.78, 5) is 0. The molecule has 0 aliphatic rings. The third-order valence-corrected chi connectivity index (χ3v) is 3.85. The van der Waals surface area contributed by atoms with Crippen molar-refractivity contribution >= 4 is 0 Å². The zero-order valence-electron chi connectivity index (χ0n) is 12.8. The van der Waals surface area contributed by atoms with Crippen LogP contribution in [-0.2, 0) is 0 Å². The van der Waals surface area contributed by atoms with Gasteiger partial charge in [-0.3, -0.25) is 0 Å². The Morgan fingerprint density at radius 3 is 2.37 bits per heavy atom. The van der Waals surface area contributed by atoms with E-state index >= 15 is 0 Å². The molecule has 1 aromatic rings. The van der Waals surface area contributed by atoms with Gasteiger partial charge in [-0.2, -0.15) is 0 Å². The maximum atomic E-state index is 6.21. The van der Waals surface area contributed by atoms with Crippen LogP contribution in [0.2, 0.25) is 0 Å². The summed E-state index contributed by atoms with van der Waals surface area (Å²) in [5.74, 6) is 0.796. The van der Waals surface area contributed by atoms with Gasteiger partial charge in [0.15, 0.2) is 0 Å². The van der Waals surface area contributed by atoms with Crippen LogP contribution in [0.5, 0.6) is 0 Å². The minimum atomic E-state index is 0.101. The number of rotatable bonds is 9. The van der Waals surface area contributed by atoms with Crippen LogP contribution in [0.4, 0.5) is 0 Å². The van der Waals surface area contributed by atoms with E-state index in [1.54, 1.807) is 0 Å². The third-order valence-electron chi connectivity index (χ3n) is 3.85. The molecule has 0 aromatic heterocycles. The Balaban J connectivity index is 2.29. The van der Waals surface area contributed by atoms with Gasteiger partial charge in [-0.1, -0.05) is 62.9 Å². The molecule has 0 fully saturated rings. The number of nitrogens with one attached hydrogen (secondary N) is 1. The number of hydrogen-bond donors (Lipinski definition) is 2. The van der Waals surface area contributed by atoms with E-state index < -0.39 is 0 Å².